The molecule has 1 fully saturated rings. The third-order valence-corrected chi connectivity index (χ3v) is 3.94. The molecule has 20 heavy (non-hydrogen) atoms. The monoisotopic (exact) mass is 404 g/mol. The minimum Gasteiger partial charge on any atom is -0.336 e. The lowest BCUT2D eigenvalue weighted by Crippen LogP contribution is -2.38. The first-order chi connectivity index (χ1) is 9.56. The molecule has 1 aliphatic rings. The van der Waals surface area contributed by atoms with Crippen molar-refractivity contribution in [2.75, 3.05) is 31.5 Å². The van der Waals surface area contributed by atoms with Crippen molar-refractivity contribution in [1.29, 1.82) is 0 Å². The summed E-state index contributed by atoms with van der Waals surface area (Å²) in [5, 5.41) is 8.16. The van der Waals surface area contributed by atoms with Crippen molar-refractivity contribution in [3.05, 3.63) is 27.1 Å². The maximum Gasteiger partial charge on any atom is 0.319 e. The summed E-state index contributed by atoms with van der Waals surface area (Å²) in [6.07, 6.45) is 0. The van der Waals surface area contributed by atoms with Crippen LogP contribution in [0.3, 0.4) is 0 Å². The molecule has 0 radical (unpaired) electrons. The van der Waals surface area contributed by atoms with E-state index in [0.29, 0.717) is 31.9 Å². The van der Waals surface area contributed by atoms with Crippen LogP contribution in [0.15, 0.2) is 27.1 Å². The number of halogens is 2. The van der Waals surface area contributed by atoms with E-state index in [2.05, 4.69) is 47.8 Å². The fourth-order valence-electron chi connectivity index (χ4n) is 1.79. The summed E-state index contributed by atoms with van der Waals surface area (Å²) in [4.78, 5) is 24.7. The largest absolute Gasteiger partial charge is 0.336 e. The van der Waals surface area contributed by atoms with E-state index in [4.69, 9.17) is 0 Å². The van der Waals surface area contributed by atoms with Crippen LogP contribution in [0.2, 0.25) is 0 Å². The van der Waals surface area contributed by atoms with Crippen LogP contribution in [0.5, 0.6) is 0 Å². The summed E-state index contributed by atoms with van der Waals surface area (Å²) >= 11 is 6.72. The summed E-state index contributed by atoms with van der Waals surface area (Å²) in [7, 11) is 0. The molecule has 108 valence electrons. The summed E-state index contributed by atoms with van der Waals surface area (Å²) in [6, 6.07) is 5.11. The van der Waals surface area contributed by atoms with Crippen molar-refractivity contribution in [2.24, 2.45) is 0 Å². The summed E-state index contributed by atoms with van der Waals surface area (Å²) in [5.74, 6) is 0. The van der Waals surface area contributed by atoms with E-state index in [0.717, 1.165) is 8.95 Å². The van der Waals surface area contributed by atoms with Gasteiger partial charge in [-0.2, -0.15) is 0 Å². The first kappa shape index (κ1) is 15.1. The second-order valence-corrected chi connectivity index (χ2v) is 5.99. The number of rotatable bonds is 4. The molecule has 0 saturated carbocycles. The molecule has 1 aliphatic heterocycles. The predicted molar refractivity (Wildman–Crippen MR) is 83.8 cm³/mol. The topological polar surface area (TPSA) is 73.5 Å². The van der Waals surface area contributed by atoms with Crippen molar-refractivity contribution in [1.82, 2.24) is 15.5 Å². The van der Waals surface area contributed by atoms with Gasteiger partial charge in [0, 0.05) is 35.1 Å². The fraction of sp³-hybridized carbons (Fsp3) is 0.333. The number of carbonyl (C=O) groups is 2. The Kier molecular flexibility index (Phi) is 5.24. The van der Waals surface area contributed by atoms with Crippen LogP contribution >= 0.6 is 31.9 Å². The Balaban J connectivity index is 1.76. The van der Waals surface area contributed by atoms with E-state index < -0.39 is 0 Å². The molecule has 4 amide bonds. The number of amides is 4. The van der Waals surface area contributed by atoms with E-state index in [1.165, 1.54) is 0 Å². The van der Waals surface area contributed by atoms with Crippen molar-refractivity contribution < 1.29 is 9.59 Å². The van der Waals surface area contributed by atoms with E-state index in [1.807, 2.05) is 12.1 Å². The zero-order valence-electron chi connectivity index (χ0n) is 10.6. The smallest absolute Gasteiger partial charge is 0.319 e. The van der Waals surface area contributed by atoms with Gasteiger partial charge in [0.25, 0.3) is 0 Å². The van der Waals surface area contributed by atoms with E-state index in [1.54, 1.807) is 11.0 Å². The summed E-state index contributed by atoms with van der Waals surface area (Å²) in [6.45, 7) is 2.26. The van der Waals surface area contributed by atoms with Gasteiger partial charge in [-0.3, -0.25) is 0 Å². The molecule has 0 aliphatic carbocycles. The van der Waals surface area contributed by atoms with Gasteiger partial charge in [0.05, 0.1) is 5.69 Å². The Labute approximate surface area is 133 Å². The lowest BCUT2D eigenvalue weighted by molar-refractivity contribution is 0.216. The number of hydrogen-bond donors (Lipinski definition) is 3. The Hall–Kier alpha value is -1.28. The van der Waals surface area contributed by atoms with E-state index in [9.17, 15) is 9.59 Å². The Morgan fingerprint density at radius 3 is 2.85 bits per heavy atom. The van der Waals surface area contributed by atoms with Gasteiger partial charge in [-0.25, -0.2) is 9.59 Å². The van der Waals surface area contributed by atoms with Crippen LogP contribution in [-0.2, 0) is 0 Å². The molecule has 0 bridgehead atoms. The molecule has 0 atom stereocenters. The predicted octanol–water partition coefficient (Wildman–Crippen LogP) is 2.36. The maximum absolute atomic E-state index is 11.7. The molecular formula is C12H14Br2N4O2. The molecule has 8 heteroatoms. The quantitative estimate of drug-likeness (QED) is 0.719. The van der Waals surface area contributed by atoms with Gasteiger partial charge in [0.2, 0.25) is 0 Å². The Morgan fingerprint density at radius 2 is 2.20 bits per heavy atom. The van der Waals surface area contributed by atoms with Crippen molar-refractivity contribution in [3.8, 4) is 0 Å². The molecular weight excluding hydrogens is 392 g/mol. The van der Waals surface area contributed by atoms with Gasteiger partial charge in [-0.15, -0.1) is 0 Å². The molecule has 1 aromatic carbocycles. The number of anilines is 1. The maximum atomic E-state index is 11.7. The third-order valence-electron chi connectivity index (χ3n) is 2.79. The van der Waals surface area contributed by atoms with Crippen LogP contribution in [0.4, 0.5) is 15.3 Å². The highest BCUT2D eigenvalue weighted by Crippen LogP contribution is 2.25. The highest BCUT2D eigenvalue weighted by Gasteiger charge is 2.18. The standard InChI is InChI=1S/C12H14Br2N4O2/c13-8-1-2-10(9(14)7-8)17-11(19)15-3-5-18-6-4-16-12(18)20/h1-2,7H,3-6H2,(H,16,20)(H2,15,17,19). The number of carbonyl (C=O) groups excluding carboxylic acids is 2. The normalized spacial score (nSPS) is 14.1. The Bertz CT molecular complexity index is 524. The van der Waals surface area contributed by atoms with Crippen LogP contribution in [0.1, 0.15) is 0 Å². The van der Waals surface area contributed by atoms with Crippen molar-refractivity contribution in [3.63, 3.8) is 0 Å². The molecule has 0 spiro atoms. The average Bonchev–Trinajstić information content (AvgIpc) is 2.79. The highest BCUT2D eigenvalue weighted by molar-refractivity contribution is 9.11. The molecule has 2 rings (SSSR count). The van der Waals surface area contributed by atoms with Gasteiger partial charge >= 0.3 is 12.1 Å². The molecule has 6 nitrogen and oxygen atoms in total. The van der Waals surface area contributed by atoms with Gasteiger partial charge in [0.1, 0.15) is 0 Å². The minimum absolute atomic E-state index is 0.0807. The number of urea groups is 2. The van der Waals surface area contributed by atoms with Gasteiger partial charge in [0.15, 0.2) is 0 Å². The first-order valence-corrected chi connectivity index (χ1v) is 7.67. The van der Waals surface area contributed by atoms with Crippen molar-refractivity contribution in [2.45, 2.75) is 0 Å². The molecule has 1 aromatic rings. The second kappa shape index (κ2) is 6.94. The van der Waals surface area contributed by atoms with Gasteiger partial charge in [-0.05, 0) is 34.1 Å². The number of benzene rings is 1. The van der Waals surface area contributed by atoms with Crippen LogP contribution < -0.4 is 16.0 Å². The molecule has 1 heterocycles. The average molecular weight is 406 g/mol. The summed E-state index contributed by atoms with van der Waals surface area (Å²) in [5.41, 5.74) is 0.685. The lowest BCUT2D eigenvalue weighted by atomic mass is 10.3. The van der Waals surface area contributed by atoms with E-state index in [-0.39, 0.29) is 12.1 Å². The Morgan fingerprint density at radius 1 is 1.40 bits per heavy atom. The molecule has 0 aromatic heterocycles. The van der Waals surface area contributed by atoms with Crippen LogP contribution in [0, 0.1) is 0 Å². The molecule has 1 saturated heterocycles. The van der Waals surface area contributed by atoms with Gasteiger partial charge < -0.3 is 20.9 Å². The number of nitrogens with one attached hydrogen (secondary N) is 3. The molecule has 0 unspecified atom stereocenters. The SMILES string of the molecule is O=C(NCCN1CCNC1=O)Nc1ccc(Br)cc1Br. The lowest BCUT2D eigenvalue weighted by Gasteiger charge is -2.15. The van der Waals surface area contributed by atoms with Crippen LogP contribution in [0.25, 0.3) is 0 Å². The minimum atomic E-state index is -0.298. The van der Waals surface area contributed by atoms with Crippen LogP contribution in [-0.4, -0.2) is 43.1 Å². The van der Waals surface area contributed by atoms with Gasteiger partial charge in [-0.1, -0.05) is 15.9 Å². The first-order valence-electron chi connectivity index (χ1n) is 6.09. The zero-order valence-corrected chi connectivity index (χ0v) is 13.8. The second-order valence-electron chi connectivity index (χ2n) is 4.22. The van der Waals surface area contributed by atoms with E-state index >= 15 is 0 Å². The number of nitrogens with zero attached hydrogens (tertiary/aromatic N) is 1. The third kappa shape index (κ3) is 4.11. The fourth-order valence-corrected chi connectivity index (χ4v) is 2.93. The summed E-state index contributed by atoms with van der Waals surface area (Å²) < 4.78 is 1.72. The number of hydrogen-bond acceptors (Lipinski definition) is 2. The zero-order chi connectivity index (χ0) is 14.5. The highest BCUT2D eigenvalue weighted by atomic mass is 79.9. The van der Waals surface area contributed by atoms with Crippen molar-refractivity contribution >= 4 is 49.6 Å². The molecule has 3 N–H and O–H groups in total.